The zero-order valence-electron chi connectivity index (χ0n) is 21.2. The molecule has 1 fully saturated rings. The van der Waals surface area contributed by atoms with Crippen LogP contribution in [0.25, 0.3) is 0 Å². The molecular formula is C26H34ClN5O4. The number of anilines is 1. The molecular weight excluding hydrogens is 482 g/mol. The highest BCUT2D eigenvalue weighted by atomic mass is 35.5. The van der Waals surface area contributed by atoms with Crippen molar-refractivity contribution >= 4 is 29.4 Å². The number of alkyl carbamates (subject to hydrolysis) is 1. The lowest BCUT2D eigenvalue weighted by molar-refractivity contribution is -0.133. The summed E-state index contributed by atoms with van der Waals surface area (Å²) in [6, 6.07) is 7.12. The van der Waals surface area contributed by atoms with Gasteiger partial charge >= 0.3 is 6.09 Å². The van der Waals surface area contributed by atoms with Gasteiger partial charge in [0.2, 0.25) is 5.91 Å². The van der Waals surface area contributed by atoms with Crippen molar-refractivity contribution in [2.24, 2.45) is 0 Å². The van der Waals surface area contributed by atoms with Gasteiger partial charge in [-0.15, -0.1) is 0 Å². The highest BCUT2D eigenvalue weighted by molar-refractivity contribution is 6.30. The van der Waals surface area contributed by atoms with Gasteiger partial charge in [0.25, 0.3) is 0 Å². The number of carbonyl (C=O) groups excluding carboxylic acids is 2. The van der Waals surface area contributed by atoms with Gasteiger partial charge in [0.05, 0.1) is 17.7 Å². The highest BCUT2D eigenvalue weighted by Gasteiger charge is 2.35. The molecule has 1 aromatic carbocycles. The van der Waals surface area contributed by atoms with Crippen LogP contribution in [0.4, 0.5) is 10.6 Å². The zero-order valence-corrected chi connectivity index (χ0v) is 22.0. The Labute approximate surface area is 216 Å². The first kappa shape index (κ1) is 26.2. The Bertz CT molecular complexity index is 1100. The smallest absolute Gasteiger partial charge is 0.407 e. The van der Waals surface area contributed by atoms with Crippen LogP contribution < -0.4 is 10.2 Å². The van der Waals surface area contributed by atoms with Crippen molar-refractivity contribution in [3.05, 3.63) is 52.4 Å². The average molecular weight is 516 g/mol. The molecule has 3 atom stereocenters. The fourth-order valence-electron chi connectivity index (χ4n) is 4.86. The molecule has 1 unspecified atom stereocenters. The standard InChI is InChI=1S/C26H34ClN5O4/c1-16-13-20(33)22-21(16)23(30-15-29-22)31-9-11-32(12-10-31)24(34)19(17-5-7-18(27)8-6-17)14-28-25(35)36-26(2,3)4/h5-8,15-16,19-20,33H,9-14H2,1-4H3,(H,28,35)/t16?,19-,20-/m1/s1. The molecule has 194 valence electrons. The van der Waals surface area contributed by atoms with Crippen LogP contribution in [0.15, 0.2) is 30.6 Å². The predicted molar refractivity (Wildman–Crippen MR) is 137 cm³/mol. The third-order valence-electron chi connectivity index (χ3n) is 6.59. The first-order chi connectivity index (χ1) is 17.0. The zero-order chi connectivity index (χ0) is 26.0. The third kappa shape index (κ3) is 5.90. The molecule has 2 N–H and O–H groups in total. The molecule has 4 rings (SSSR count). The number of piperazine rings is 1. The second-order valence-electron chi connectivity index (χ2n) is 10.4. The van der Waals surface area contributed by atoms with E-state index >= 15 is 0 Å². The number of rotatable bonds is 5. The fraction of sp³-hybridized carbons (Fsp3) is 0.538. The van der Waals surface area contributed by atoms with Gasteiger partial charge in [-0.25, -0.2) is 14.8 Å². The number of aromatic nitrogens is 2. The van der Waals surface area contributed by atoms with Gasteiger partial charge in [0.15, 0.2) is 0 Å². The number of ether oxygens (including phenoxy) is 1. The molecule has 2 aromatic rings. The second-order valence-corrected chi connectivity index (χ2v) is 10.9. The van der Waals surface area contributed by atoms with Crippen molar-refractivity contribution in [2.45, 2.75) is 57.7 Å². The molecule has 1 aliphatic heterocycles. The molecule has 1 saturated heterocycles. The van der Waals surface area contributed by atoms with Gasteiger partial charge in [0, 0.05) is 43.3 Å². The number of aliphatic hydroxyl groups is 1. The topological polar surface area (TPSA) is 108 Å². The minimum atomic E-state index is -0.630. The first-order valence-electron chi connectivity index (χ1n) is 12.3. The van der Waals surface area contributed by atoms with Crippen molar-refractivity contribution in [3.8, 4) is 0 Å². The summed E-state index contributed by atoms with van der Waals surface area (Å²) in [6.07, 6.45) is 1.03. The highest BCUT2D eigenvalue weighted by Crippen LogP contribution is 2.42. The van der Waals surface area contributed by atoms with Gasteiger partial charge in [-0.1, -0.05) is 30.7 Å². The van der Waals surface area contributed by atoms with Gasteiger partial charge < -0.3 is 25.0 Å². The normalized spacial score (nSPS) is 20.6. The molecule has 0 saturated carbocycles. The van der Waals surface area contributed by atoms with Crippen LogP contribution in [-0.4, -0.2) is 70.3 Å². The largest absolute Gasteiger partial charge is 0.444 e. The number of aliphatic hydroxyl groups excluding tert-OH is 1. The summed E-state index contributed by atoms with van der Waals surface area (Å²) < 4.78 is 5.35. The van der Waals surface area contributed by atoms with Crippen LogP contribution in [0.5, 0.6) is 0 Å². The first-order valence-corrected chi connectivity index (χ1v) is 12.7. The number of nitrogens with zero attached hydrogens (tertiary/aromatic N) is 4. The van der Waals surface area contributed by atoms with Crippen LogP contribution in [-0.2, 0) is 9.53 Å². The van der Waals surface area contributed by atoms with E-state index in [4.69, 9.17) is 16.3 Å². The Hall–Kier alpha value is -2.91. The van der Waals surface area contributed by atoms with E-state index in [9.17, 15) is 14.7 Å². The van der Waals surface area contributed by atoms with E-state index < -0.39 is 23.7 Å². The summed E-state index contributed by atoms with van der Waals surface area (Å²) in [5.41, 5.74) is 1.86. The summed E-state index contributed by atoms with van der Waals surface area (Å²) >= 11 is 6.06. The van der Waals surface area contributed by atoms with E-state index in [0.717, 1.165) is 16.9 Å². The Kier molecular flexibility index (Phi) is 7.70. The third-order valence-corrected chi connectivity index (χ3v) is 6.84. The molecule has 2 heterocycles. The molecule has 9 nitrogen and oxygen atoms in total. The maximum atomic E-state index is 13.6. The van der Waals surface area contributed by atoms with E-state index in [-0.39, 0.29) is 18.4 Å². The number of hydrogen-bond acceptors (Lipinski definition) is 7. The minimum Gasteiger partial charge on any atom is -0.444 e. The SMILES string of the molecule is CC1C[C@@H](O)c2ncnc(N3CCN(C(=O)[C@H](CNC(=O)OC(C)(C)C)c4ccc(Cl)cc4)CC3)c21. The van der Waals surface area contributed by atoms with Crippen molar-refractivity contribution in [1.29, 1.82) is 0 Å². The number of halogens is 1. The van der Waals surface area contributed by atoms with Crippen molar-refractivity contribution in [1.82, 2.24) is 20.2 Å². The van der Waals surface area contributed by atoms with Crippen LogP contribution in [0.1, 0.15) is 68.9 Å². The van der Waals surface area contributed by atoms with Gasteiger partial charge in [-0.2, -0.15) is 0 Å². The van der Waals surface area contributed by atoms with E-state index in [1.165, 1.54) is 6.33 Å². The van der Waals surface area contributed by atoms with Crippen LogP contribution in [0, 0.1) is 0 Å². The monoisotopic (exact) mass is 515 g/mol. The molecule has 10 heteroatoms. The summed E-state index contributed by atoms with van der Waals surface area (Å²) in [5, 5.41) is 13.6. The summed E-state index contributed by atoms with van der Waals surface area (Å²) in [4.78, 5) is 38.7. The lowest BCUT2D eigenvalue weighted by atomic mass is 9.97. The van der Waals surface area contributed by atoms with Crippen molar-refractivity contribution in [3.63, 3.8) is 0 Å². The average Bonchev–Trinajstić information content (AvgIpc) is 3.12. The summed E-state index contributed by atoms with van der Waals surface area (Å²) in [6.45, 7) is 9.85. The van der Waals surface area contributed by atoms with Crippen molar-refractivity contribution < 1.29 is 19.4 Å². The lowest BCUT2D eigenvalue weighted by Crippen LogP contribution is -2.51. The number of fused-ring (bicyclic) bond motifs is 1. The Balaban J connectivity index is 1.45. The van der Waals surface area contributed by atoms with Crippen LogP contribution in [0.3, 0.4) is 0 Å². The molecule has 1 aliphatic carbocycles. The number of benzene rings is 1. The second kappa shape index (κ2) is 10.6. The summed E-state index contributed by atoms with van der Waals surface area (Å²) in [7, 11) is 0. The lowest BCUT2D eigenvalue weighted by Gasteiger charge is -2.38. The predicted octanol–water partition coefficient (Wildman–Crippen LogP) is 3.63. The van der Waals surface area contributed by atoms with Crippen molar-refractivity contribution in [2.75, 3.05) is 37.6 Å². The van der Waals surface area contributed by atoms with Crippen LogP contribution in [0.2, 0.25) is 5.02 Å². The molecule has 2 amide bonds. The van der Waals surface area contributed by atoms with E-state index in [1.807, 2.05) is 17.0 Å². The summed E-state index contributed by atoms with van der Waals surface area (Å²) in [5.74, 6) is 0.389. The number of carbonyl (C=O) groups is 2. The fourth-order valence-corrected chi connectivity index (χ4v) is 4.98. The minimum absolute atomic E-state index is 0.0651. The maximum absolute atomic E-state index is 13.6. The Morgan fingerprint density at radius 2 is 1.83 bits per heavy atom. The van der Waals surface area contributed by atoms with Gasteiger partial charge in [0.1, 0.15) is 17.7 Å². The Morgan fingerprint density at radius 3 is 2.47 bits per heavy atom. The number of amides is 2. The maximum Gasteiger partial charge on any atom is 0.407 e. The molecule has 0 radical (unpaired) electrons. The molecule has 1 aromatic heterocycles. The van der Waals surface area contributed by atoms with E-state index in [1.54, 1.807) is 32.9 Å². The van der Waals surface area contributed by atoms with Gasteiger partial charge in [-0.05, 0) is 50.8 Å². The Morgan fingerprint density at radius 1 is 1.17 bits per heavy atom. The number of hydrogen-bond donors (Lipinski definition) is 2. The molecule has 0 spiro atoms. The molecule has 36 heavy (non-hydrogen) atoms. The van der Waals surface area contributed by atoms with Crippen LogP contribution >= 0.6 is 11.6 Å². The number of nitrogens with one attached hydrogen (secondary N) is 1. The molecule has 0 bridgehead atoms. The molecule has 2 aliphatic rings. The van der Waals surface area contributed by atoms with Gasteiger partial charge in [-0.3, -0.25) is 4.79 Å². The quantitative estimate of drug-likeness (QED) is 0.626. The van der Waals surface area contributed by atoms with E-state index in [2.05, 4.69) is 27.1 Å². The van der Waals surface area contributed by atoms with E-state index in [0.29, 0.717) is 43.3 Å².